The van der Waals surface area contributed by atoms with Gasteiger partial charge in [-0.25, -0.2) is 9.97 Å². The highest BCUT2D eigenvalue weighted by molar-refractivity contribution is 5.79. The summed E-state index contributed by atoms with van der Waals surface area (Å²) >= 11 is 0. The number of nitrogens with zero attached hydrogens (tertiary/aromatic N) is 5. The smallest absolute Gasteiger partial charge is 0.227 e. The van der Waals surface area contributed by atoms with Gasteiger partial charge in [0.25, 0.3) is 0 Å². The largest absolute Gasteiger partial charge is 0.379 e. The molecule has 0 bridgehead atoms. The molecule has 146 valence electrons. The van der Waals surface area contributed by atoms with Crippen LogP contribution in [0.25, 0.3) is 11.0 Å². The van der Waals surface area contributed by atoms with E-state index in [0.29, 0.717) is 5.92 Å². The lowest BCUT2D eigenvalue weighted by Gasteiger charge is -2.35. The van der Waals surface area contributed by atoms with Crippen LogP contribution in [-0.2, 0) is 9.47 Å². The zero-order valence-corrected chi connectivity index (χ0v) is 16.5. The number of fused-ring (bicyclic) bond motifs is 1. The van der Waals surface area contributed by atoms with Crippen LogP contribution >= 0.6 is 0 Å². The third-order valence-electron chi connectivity index (χ3n) is 5.29. The van der Waals surface area contributed by atoms with E-state index in [1.54, 1.807) is 6.20 Å². The second kappa shape index (κ2) is 8.04. The highest BCUT2D eigenvalue weighted by Gasteiger charge is 2.26. The molecular formula is C20H29N5O2. The monoisotopic (exact) mass is 371 g/mol. The van der Waals surface area contributed by atoms with Gasteiger partial charge in [0.1, 0.15) is 0 Å². The molecule has 0 aliphatic carbocycles. The maximum absolute atomic E-state index is 5.87. The van der Waals surface area contributed by atoms with Crippen LogP contribution in [0.5, 0.6) is 0 Å². The molecule has 2 fully saturated rings. The van der Waals surface area contributed by atoms with Crippen LogP contribution in [-0.4, -0.2) is 78.0 Å². The number of morpholine rings is 2. The molecule has 0 radical (unpaired) electrons. The average molecular weight is 371 g/mol. The van der Waals surface area contributed by atoms with Crippen molar-refractivity contribution < 1.29 is 9.47 Å². The third kappa shape index (κ3) is 4.20. The van der Waals surface area contributed by atoms with Crippen LogP contribution in [0.2, 0.25) is 0 Å². The van der Waals surface area contributed by atoms with Gasteiger partial charge in [-0.05, 0) is 26.0 Å². The summed E-state index contributed by atoms with van der Waals surface area (Å²) in [5.41, 5.74) is 1.86. The molecule has 0 aromatic carbocycles. The van der Waals surface area contributed by atoms with Crippen molar-refractivity contribution in [2.24, 2.45) is 0 Å². The molecule has 0 spiro atoms. The topological polar surface area (TPSA) is 63.6 Å². The Bertz CT molecular complexity index is 770. The second-order valence-electron chi connectivity index (χ2n) is 7.76. The Morgan fingerprint density at radius 2 is 1.89 bits per heavy atom. The molecule has 4 heterocycles. The molecular weight excluding hydrogens is 342 g/mol. The lowest BCUT2D eigenvalue weighted by molar-refractivity contribution is -0.00572. The first-order valence-electron chi connectivity index (χ1n) is 9.93. The molecule has 0 saturated carbocycles. The molecule has 2 aromatic rings. The normalized spacial score (nSPS) is 25.7. The summed E-state index contributed by atoms with van der Waals surface area (Å²) in [5.74, 6) is 1.07. The van der Waals surface area contributed by atoms with Gasteiger partial charge in [0.2, 0.25) is 5.95 Å². The van der Waals surface area contributed by atoms with E-state index in [9.17, 15) is 0 Å². The molecule has 4 rings (SSSR count). The molecule has 3 atom stereocenters. The van der Waals surface area contributed by atoms with E-state index in [-0.39, 0.29) is 12.2 Å². The number of pyridine rings is 1. The second-order valence-corrected chi connectivity index (χ2v) is 7.76. The Labute approximate surface area is 160 Å². The summed E-state index contributed by atoms with van der Waals surface area (Å²) in [4.78, 5) is 19.0. The standard InChI is InChI=1S/C20H29N5O2/c1-14(11-24-7-9-26-10-8-24)18-17-5-4-6-21-19(17)23-20(22-18)25-12-15(2)27-16(3)13-25/h4-6,14-16H,7-13H2,1-3H3. The molecule has 7 heteroatoms. The van der Waals surface area contributed by atoms with Crippen molar-refractivity contribution in [1.82, 2.24) is 19.9 Å². The summed E-state index contributed by atoms with van der Waals surface area (Å²) in [7, 11) is 0. The van der Waals surface area contributed by atoms with Crippen molar-refractivity contribution in [1.29, 1.82) is 0 Å². The number of anilines is 1. The highest BCUT2D eigenvalue weighted by atomic mass is 16.5. The lowest BCUT2D eigenvalue weighted by Crippen LogP contribution is -2.46. The van der Waals surface area contributed by atoms with Crippen molar-refractivity contribution in [3.63, 3.8) is 0 Å². The summed E-state index contributed by atoms with van der Waals surface area (Å²) in [6, 6.07) is 4.05. The molecule has 7 nitrogen and oxygen atoms in total. The van der Waals surface area contributed by atoms with Gasteiger partial charge >= 0.3 is 0 Å². The molecule has 0 amide bonds. The predicted octanol–water partition coefficient (Wildman–Crippen LogP) is 2.07. The van der Waals surface area contributed by atoms with Crippen molar-refractivity contribution in [2.75, 3.05) is 50.8 Å². The van der Waals surface area contributed by atoms with Crippen LogP contribution in [0.1, 0.15) is 32.4 Å². The molecule has 2 aromatic heterocycles. The lowest BCUT2D eigenvalue weighted by atomic mass is 10.0. The Morgan fingerprint density at radius 1 is 1.15 bits per heavy atom. The van der Waals surface area contributed by atoms with E-state index in [0.717, 1.165) is 68.6 Å². The highest BCUT2D eigenvalue weighted by Crippen LogP contribution is 2.26. The summed E-state index contributed by atoms with van der Waals surface area (Å²) in [6.45, 7) is 12.6. The van der Waals surface area contributed by atoms with E-state index in [2.05, 4.69) is 41.6 Å². The number of rotatable bonds is 4. The fraction of sp³-hybridized carbons (Fsp3) is 0.650. The summed E-state index contributed by atoms with van der Waals surface area (Å²) < 4.78 is 11.4. The van der Waals surface area contributed by atoms with Crippen LogP contribution < -0.4 is 4.90 Å². The molecule has 2 saturated heterocycles. The van der Waals surface area contributed by atoms with Gasteiger partial charge in [0, 0.05) is 50.2 Å². The van der Waals surface area contributed by atoms with E-state index < -0.39 is 0 Å². The van der Waals surface area contributed by atoms with Crippen LogP contribution in [0.3, 0.4) is 0 Å². The first-order valence-corrected chi connectivity index (χ1v) is 9.93. The summed E-state index contributed by atoms with van der Waals surface area (Å²) in [6.07, 6.45) is 2.15. The molecule has 3 unspecified atom stereocenters. The van der Waals surface area contributed by atoms with Crippen LogP contribution in [0.15, 0.2) is 18.3 Å². The van der Waals surface area contributed by atoms with Crippen LogP contribution in [0, 0.1) is 0 Å². The van der Waals surface area contributed by atoms with Gasteiger partial charge in [-0.3, -0.25) is 4.90 Å². The van der Waals surface area contributed by atoms with E-state index in [1.807, 2.05) is 6.07 Å². The molecule has 2 aliphatic rings. The minimum atomic E-state index is 0.172. The van der Waals surface area contributed by atoms with E-state index in [4.69, 9.17) is 19.4 Å². The minimum absolute atomic E-state index is 0.172. The Kier molecular flexibility index (Phi) is 5.52. The first-order chi connectivity index (χ1) is 13.1. The van der Waals surface area contributed by atoms with Crippen molar-refractivity contribution in [3.05, 3.63) is 24.0 Å². The van der Waals surface area contributed by atoms with Crippen molar-refractivity contribution in [3.8, 4) is 0 Å². The number of hydrogen-bond donors (Lipinski definition) is 0. The van der Waals surface area contributed by atoms with Gasteiger partial charge in [0.15, 0.2) is 5.65 Å². The Hall–Kier alpha value is -1.83. The van der Waals surface area contributed by atoms with E-state index in [1.165, 1.54) is 0 Å². The average Bonchev–Trinajstić information content (AvgIpc) is 2.67. The maximum Gasteiger partial charge on any atom is 0.227 e. The van der Waals surface area contributed by atoms with Crippen molar-refractivity contribution >= 4 is 17.0 Å². The SMILES string of the molecule is CC1CN(c2nc(C(C)CN3CCOCC3)c3cccnc3n2)CC(C)O1. The molecule has 0 N–H and O–H groups in total. The predicted molar refractivity (Wildman–Crippen MR) is 105 cm³/mol. The maximum atomic E-state index is 5.87. The van der Waals surface area contributed by atoms with Crippen molar-refractivity contribution in [2.45, 2.75) is 38.9 Å². The Balaban J connectivity index is 1.65. The number of aromatic nitrogens is 3. The number of hydrogen-bond acceptors (Lipinski definition) is 7. The fourth-order valence-electron chi connectivity index (χ4n) is 4.09. The van der Waals surface area contributed by atoms with Gasteiger partial charge in [-0.1, -0.05) is 6.92 Å². The van der Waals surface area contributed by atoms with Gasteiger partial charge in [0.05, 0.1) is 31.1 Å². The number of ether oxygens (including phenoxy) is 2. The first kappa shape index (κ1) is 18.5. The molecule has 2 aliphatic heterocycles. The van der Waals surface area contributed by atoms with Gasteiger partial charge in [-0.15, -0.1) is 0 Å². The van der Waals surface area contributed by atoms with Gasteiger partial charge in [-0.2, -0.15) is 4.98 Å². The fourth-order valence-corrected chi connectivity index (χ4v) is 4.09. The quantitative estimate of drug-likeness (QED) is 0.815. The third-order valence-corrected chi connectivity index (χ3v) is 5.29. The van der Waals surface area contributed by atoms with Gasteiger partial charge < -0.3 is 14.4 Å². The zero-order valence-electron chi connectivity index (χ0n) is 16.5. The Morgan fingerprint density at radius 3 is 2.63 bits per heavy atom. The van der Waals surface area contributed by atoms with E-state index >= 15 is 0 Å². The zero-order chi connectivity index (χ0) is 18.8. The van der Waals surface area contributed by atoms with Crippen LogP contribution in [0.4, 0.5) is 5.95 Å². The minimum Gasteiger partial charge on any atom is -0.379 e. The molecule has 27 heavy (non-hydrogen) atoms. The summed E-state index contributed by atoms with van der Waals surface area (Å²) in [5, 5.41) is 1.05.